The average molecular weight is 456 g/mol. The third kappa shape index (κ3) is 4.38. The van der Waals surface area contributed by atoms with Crippen molar-refractivity contribution in [3.63, 3.8) is 0 Å². The maximum atomic E-state index is 12.6. The summed E-state index contributed by atoms with van der Waals surface area (Å²) >= 11 is 0. The topological polar surface area (TPSA) is 98.6 Å². The lowest BCUT2D eigenvalue weighted by Crippen LogP contribution is -2.34. The van der Waals surface area contributed by atoms with E-state index < -0.39 is 16.0 Å². The van der Waals surface area contributed by atoms with Crippen molar-refractivity contribution < 1.29 is 22.7 Å². The average Bonchev–Trinajstić information content (AvgIpc) is 3.13. The van der Waals surface area contributed by atoms with Gasteiger partial charge in [0.2, 0.25) is 10.0 Å². The summed E-state index contributed by atoms with van der Waals surface area (Å²) in [5.74, 6) is -0.0687. The highest BCUT2D eigenvalue weighted by Gasteiger charge is 2.25. The van der Waals surface area contributed by atoms with Gasteiger partial charge in [-0.25, -0.2) is 13.4 Å². The molecule has 0 fully saturated rings. The highest BCUT2D eigenvalue weighted by molar-refractivity contribution is 7.92. The first-order chi connectivity index (χ1) is 15.3. The summed E-state index contributed by atoms with van der Waals surface area (Å²) in [5, 5.41) is 0. The van der Waals surface area contributed by atoms with Crippen LogP contribution in [-0.4, -0.2) is 49.1 Å². The van der Waals surface area contributed by atoms with Crippen LogP contribution in [0.3, 0.4) is 0 Å². The van der Waals surface area contributed by atoms with Gasteiger partial charge in [-0.2, -0.15) is 0 Å². The molecule has 1 aliphatic rings. The molecule has 32 heavy (non-hydrogen) atoms. The van der Waals surface area contributed by atoms with E-state index in [0.29, 0.717) is 37.1 Å². The van der Waals surface area contributed by atoms with Crippen LogP contribution in [0.2, 0.25) is 0 Å². The zero-order valence-corrected chi connectivity index (χ0v) is 18.9. The highest BCUT2D eigenvalue weighted by atomic mass is 32.2. The van der Waals surface area contributed by atoms with Gasteiger partial charge in [-0.1, -0.05) is 19.1 Å². The third-order valence-corrected chi connectivity index (χ3v) is 6.76. The van der Waals surface area contributed by atoms with Crippen molar-refractivity contribution in [2.45, 2.75) is 32.7 Å². The highest BCUT2D eigenvalue weighted by Crippen LogP contribution is 2.30. The van der Waals surface area contributed by atoms with Crippen molar-refractivity contribution in [3.8, 4) is 0 Å². The first-order valence-corrected chi connectivity index (χ1v) is 12.4. The smallest absolute Gasteiger partial charge is 0.326 e. The molecule has 0 saturated heterocycles. The van der Waals surface area contributed by atoms with Crippen LogP contribution in [0.25, 0.3) is 11.0 Å². The van der Waals surface area contributed by atoms with Gasteiger partial charge in [0.25, 0.3) is 0 Å². The van der Waals surface area contributed by atoms with Crippen LogP contribution in [0, 0.1) is 0 Å². The SMILES string of the molecule is CCc1nc2ccccc2n1CC(=O)OCC(=O)c1ccc2c(c1)CCCN2S(C)(=O)=O. The fourth-order valence-electron chi connectivity index (χ4n) is 4.06. The van der Waals surface area contributed by atoms with Crippen LogP contribution < -0.4 is 4.31 Å². The van der Waals surface area contributed by atoms with Crippen LogP contribution in [-0.2, 0) is 38.9 Å². The Bertz CT molecular complexity index is 1300. The number of nitrogens with zero attached hydrogens (tertiary/aromatic N) is 3. The first kappa shape index (κ1) is 22.0. The quantitative estimate of drug-likeness (QED) is 0.401. The molecule has 4 rings (SSSR count). The number of aromatic nitrogens is 2. The molecule has 1 aromatic heterocycles. The molecule has 1 aliphatic heterocycles. The van der Waals surface area contributed by atoms with Gasteiger partial charge in [-0.05, 0) is 48.7 Å². The molecular formula is C23H25N3O5S. The van der Waals surface area contributed by atoms with Crippen LogP contribution in [0.15, 0.2) is 42.5 Å². The second-order valence-electron chi connectivity index (χ2n) is 7.82. The summed E-state index contributed by atoms with van der Waals surface area (Å²) < 4.78 is 32.4. The molecule has 2 heterocycles. The number of fused-ring (bicyclic) bond motifs is 2. The number of ketones is 1. The van der Waals surface area contributed by atoms with Gasteiger partial charge in [-0.3, -0.25) is 13.9 Å². The molecule has 0 unspecified atom stereocenters. The molecule has 0 radical (unpaired) electrons. The lowest BCUT2D eigenvalue weighted by Gasteiger charge is -2.29. The Morgan fingerprint density at radius 3 is 2.69 bits per heavy atom. The molecule has 168 valence electrons. The third-order valence-electron chi connectivity index (χ3n) is 5.58. The van der Waals surface area contributed by atoms with E-state index in [4.69, 9.17) is 4.74 Å². The number of esters is 1. The predicted octanol–water partition coefficient (Wildman–Crippen LogP) is 2.74. The number of imidazole rings is 1. The number of ether oxygens (including phenoxy) is 1. The molecule has 0 N–H and O–H groups in total. The van der Waals surface area contributed by atoms with E-state index in [1.54, 1.807) is 22.8 Å². The molecule has 0 spiro atoms. The standard InChI is InChI=1S/C23H25N3O5S/c1-3-22-24-18-8-4-5-9-20(18)25(22)14-23(28)31-15-21(27)17-10-11-19-16(13-17)7-6-12-26(19)32(2,29)30/h4-5,8-11,13H,3,6-7,12,14-15H2,1-2H3. The summed E-state index contributed by atoms with van der Waals surface area (Å²) in [5.41, 5.74) is 3.46. The largest absolute Gasteiger partial charge is 0.456 e. The van der Waals surface area contributed by atoms with Gasteiger partial charge in [-0.15, -0.1) is 0 Å². The molecule has 0 saturated carbocycles. The minimum Gasteiger partial charge on any atom is -0.456 e. The van der Waals surface area contributed by atoms with E-state index in [2.05, 4.69) is 4.98 Å². The Morgan fingerprint density at radius 1 is 1.16 bits per heavy atom. The van der Waals surface area contributed by atoms with E-state index in [0.717, 1.165) is 22.4 Å². The first-order valence-electron chi connectivity index (χ1n) is 10.5. The van der Waals surface area contributed by atoms with Gasteiger partial charge >= 0.3 is 5.97 Å². The van der Waals surface area contributed by atoms with Crippen molar-refractivity contribution in [2.75, 3.05) is 23.7 Å². The molecule has 0 aliphatic carbocycles. The molecule has 0 atom stereocenters. The van der Waals surface area contributed by atoms with Crippen molar-refractivity contribution in [2.24, 2.45) is 0 Å². The van der Waals surface area contributed by atoms with Crippen molar-refractivity contribution in [3.05, 3.63) is 59.4 Å². The number of benzene rings is 2. The number of Topliss-reactive ketones (excluding diaryl/α,β-unsaturated/α-hetero) is 1. The van der Waals surface area contributed by atoms with Crippen molar-refractivity contribution in [1.82, 2.24) is 9.55 Å². The predicted molar refractivity (Wildman–Crippen MR) is 121 cm³/mol. The lowest BCUT2D eigenvalue weighted by atomic mass is 9.99. The normalized spacial score (nSPS) is 13.8. The second-order valence-corrected chi connectivity index (χ2v) is 9.73. The number of rotatable bonds is 7. The maximum absolute atomic E-state index is 12.6. The molecule has 0 bridgehead atoms. The van der Waals surface area contributed by atoms with Gasteiger partial charge < -0.3 is 9.30 Å². The van der Waals surface area contributed by atoms with Crippen molar-refractivity contribution >= 4 is 38.5 Å². The minimum absolute atomic E-state index is 0.0233. The Hall–Kier alpha value is -3.20. The number of hydrogen-bond acceptors (Lipinski definition) is 6. The number of aryl methyl sites for hydroxylation is 2. The lowest BCUT2D eigenvalue weighted by molar-refractivity contribution is -0.143. The summed E-state index contributed by atoms with van der Waals surface area (Å²) in [6, 6.07) is 12.5. The van der Waals surface area contributed by atoms with Gasteiger partial charge in [0.15, 0.2) is 12.4 Å². The van der Waals surface area contributed by atoms with E-state index in [1.807, 2.05) is 31.2 Å². The number of carbonyl (C=O) groups excluding carboxylic acids is 2. The van der Waals surface area contributed by atoms with Crippen LogP contribution in [0.1, 0.15) is 35.1 Å². The summed E-state index contributed by atoms with van der Waals surface area (Å²) in [6.45, 7) is 2.00. The summed E-state index contributed by atoms with van der Waals surface area (Å²) in [4.78, 5) is 29.6. The summed E-state index contributed by atoms with van der Waals surface area (Å²) in [7, 11) is -3.37. The molecule has 2 aromatic carbocycles. The zero-order chi connectivity index (χ0) is 22.9. The molecule has 3 aromatic rings. The van der Waals surface area contributed by atoms with Gasteiger partial charge in [0, 0.05) is 18.5 Å². The molecule has 8 nitrogen and oxygen atoms in total. The maximum Gasteiger partial charge on any atom is 0.326 e. The van der Waals surface area contributed by atoms with E-state index in [1.165, 1.54) is 10.6 Å². The van der Waals surface area contributed by atoms with Gasteiger partial charge in [0.05, 0.1) is 23.0 Å². The number of carbonyl (C=O) groups is 2. The van der Waals surface area contributed by atoms with Crippen LogP contribution in [0.4, 0.5) is 5.69 Å². The minimum atomic E-state index is -3.37. The van der Waals surface area contributed by atoms with Crippen LogP contribution in [0.5, 0.6) is 0 Å². The fourth-order valence-corrected chi connectivity index (χ4v) is 5.05. The van der Waals surface area contributed by atoms with E-state index in [-0.39, 0.29) is 18.9 Å². The van der Waals surface area contributed by atoms with Crippen molar-refractivity contribution in [1.29, 1.82) is 0 Å². The zero-order valence-electron chi connectivity index (χ0n) is 18.1. The van der Waals surface area contributed by atoms with E-state index in [9.17, 15) is 18.0 Å². The Morgan fingerprint density at radius 2 is 1.94 bits per heavy atom. The monoisotopic (exact) mass is 455 g/mol. The van der Waals surface area contributed by atoms with E-state index >= 15 is 0 Å². The number of hydrogen-bond donors (Lipinski definition) is 0. The summed E-state index contributed by atoms with van der Waals surface area (Å²) in [6.07, 6.45) is 3.22. The second kappa shape index (κ2) is 8.74. The molecule has 0 amide bonds. The Kier molecular flexibility index (Phi) is 6.01. The van der Waals surface area contributed by atoms with Crippen LogP contribution >= 0.6 is 0 Å². The fraction of sp³-hybridized carbons (Fsp3) is 0.348. The van der Waals surface area contributed by atoms with Gasteiger partial charge in [0.1, 0.15) is 12.4 Å². The Labute approximate surface area is 186 Å². The molecule has 9 heteroatoms. The number of anilines is 1. The number of para-hydroxylation sites is 2. The number of sulfonamides is 1. The molecular weight excluding hydrogens is 430 g/mol. The Balaban J connectivity index is 1.44.